The van der Waals surface area contributed by atoms with Crippen molar-refractivity contribution in [3.8, 4) is 0 Å². The highest BCUT2D eigenvalue weighted by molar-refractivity contribution is 8.15. The standard InChI is InChI=1S/C25H32F2N2S/c1-6-11-18(5)29-25(19(7-2)8-3,22-13-10-9-12-17(22)4)30-24(28-29)21-16-20(26)14-15-23(21)27/h9-10,12-13,16,19H,5-8,11,14-15H2,1-4H3. The van der Waals surface area contributed by atoms with E-state index in [4.69, 9.17) is 5.10 Å². The number of halogens is 2. The Morgan fingerprint density at radius 1 is 1.20 bits per heavy atom. The number of aryl methyl sites for hydroxylation is 1. The van der Waals surface area contributed by atoms with Crippen molar-refractivity contribution in [3.05, 3.63) is 71.0 Å². The minimum atomic E-state index is -0.522. The first kappa shape index (κ1) is 22.8. The molecule has 1 aliphatic heterocycles. The van der Waals surface area contributed by atoms with Crippen molar-refractivity contribution in [2.24, 2.45) is 11.0 Å². The van der Waals surface area contributed by atoms with E-state index in [1.54, 1.807) is 11.8 Å². The van der Waals surface area contributed by atoms with E-state index in [0.717, 1.165) is 31.4 Å². The second-order valence-corrected chi connectivity index (χ2v) is 9.28. The van der Waals surface area contributed by atoms with Gasteiger partial charge in [0.25, 0.3) is 0 Å². The fourth-order valence-electron chi connectivity index (χ4n) is 4.50. The van der Waals surface area contributed by atoms with Crippen LogP contribution in [0.2, 0.25) is 0 Å². The number of thioether (sulfide) groups is 1. The van der Waals surface area contributed by atoms with Crippen LogP contribution in [0.25, 0.3) is 0 Å². The Balaban J connectivity index is 2.22. The largest absolute Gasteiger partial charge is 0.248 e. The SMILES string of the molecule is C=C(CCC)N1N=C(C2=C(F)CCC(F)=C2)SC1(c1ccccc1C)C(CC)CC. The molecule has 1 aromatic carbocycles. The second-order valence-electron chi connectivity index (χ2n) is 8.07. The second kappa shape index (κ2) is 9.51. The summed E-state index contributed by atoms with van der Waals surface area (Å²) in [5.74, 6) is -0.307. The molecule has 0 saturated carbocycles. The van der Waals surface area contributed by atoms with E-state index in [9.17, 15) is 8.78 Å². The highest BCUT2D eigenvalue weighted by Crippen LogP contribution is 2.57. The first-order chi connectivity index (χ1) is 14.4. The summed E-state index contributed by atoms with van der Waals surface area (Å²) in [6.07, 6.45) is 5.18. The van der Waals surface area contributed by atoms with Crippen LogP contribution < -0.4 is 0 Å². The van der Waals surface area contributed by atoms with Gasteiger partial charge in [-0.05, 0) is 49.3 Å². The fraction of sp³-hybridized carbons (Fsp3) is 0.480. The normalized spacial score (nSPS) is 21.9. The molecular weight excluding hydrogens is 398 g/mol. The Morgan fingerprint density at radius 3 is 2.53 bits per heavy atom. The number of allylic oxidation sites excluding steroid dienone is 4. The van der Waals surface area contributed by atoms with E-state index in [1.807, 2.05) is 17.1 Å². The Labute approximate surface area is 183 Å². The van der Waals surface area contributed by atoms with Gasteiger partial charge in [0.2, 0.25) is 0 Å². The topological polar surface area (TPSA) is 15.6 Å². The van der Waals surface area contributed by atoms with Crippen molar-refractivity contribution in [1.82, 2.24) is 5.01 Å². The Hall–Kier alpha value is -1.88. The molecule has 2 nitrogen and oxygen atoms in total. The molecule has 0 spiro atoms. The van der Waals surface area contributed by atoms with Gasteiger partial charge in [-0.3, -0.25) is 0 Å². The minimum Gasteiger partial charge on any atom is -0.248 e. The molecule has 1 aromatic rings. The molecule has 5 heteroatoms. The third kappa shape index (κ3) is 4.01. The molecule has 2 aliphatic rings. The molecule has 0 radical (unpaired) electrons. The monoisotopic (exact) mass is 430 g/mol. The van der Waals surface area contributed by atoms with Gasteiger partial charge in [0.15, 0.2) is 0 Å². The number of hydrogen-bond acceptors (Lipinski definition) is 3. The maximum atomic E-state index is 14.8. The molecule has 0 aromatic heterocycles. The van der Waals surface area contributed by atoms with Gasteiger partial charge in [0, 0.05) is 24.1 Å². The van der Waals surface area contributed by atoms with E-state index >= 15 is 0 Å². The van der Waals surface area contributed by atoms with Crippen molar-refractivity contribution < 1.29 is 8.78 Å². The zero-order valence-electron chi connectivity index (χ0n) is 18.5. The van der Waals surface area contributed by atoms with Crippen molar-refractivity contribution in [1.29, 1.82) is 0 Å². The van der Waals surface area contributed by atoms with Crippen LogP contribution in [0.15, 0.2) is 64.9 Å². The number of hydrazone groups is 1. The van der Waals surface area contributed by atoms with E-state index in [-0.39, 0.29) is 30.4 Å². The molecule has 0 bridgehead atoms. The maximum Gasteiger partial charge on any atom is 0.142 e. The molecule has 30 heavy (non-hydrogen) atoms. The zero-order chi connectivity index (χ0) is 21.9. The lowest BCUT2D eigenvalue weighted by Gasteiger charge is -2.44. The molecule has 1 heterocycles. The van der Waals surface area contributed by atoms with Crippen LogP contribution in [0, 0.1) is 12.8 Å². The number of rotatable bonds is 8. The summed E-state index contributed by atoms with van der Waals surface area (Å²) >= 11 is 1.56. The Kier molecular flexibility index (Phi) is 7.22. The van der Waals surface area contributed by atoms with Crippen LogP contribution in [-0.2, 0) is 4.87 Å². The number of nitrogens with zero attached hydrogens (tertiary/aromatic N) is 2. The van der Waals surface area contributed by atoms with Gasteiger partial charge in [-0.25, -0.2) is 13.8 Å². The smallest absolute Gasteiger partial charge is 0.142 e. The highest BCUT2D eigenvalue weighted by Gasteiger charge is 2.52. The van der Waals surface area contributed by atoms with Gasteiger partial charge < -0.3 is 0 Å². The van der Waals surface area contributed by atoms with E-state index in [2.05, 4.69) is 46.4 Å². The molecule has 162 valence electrons. The minimum absolute atomic E-state index is 0.0928. The quantitative estimate of drug-likeness (QED) is 0.414. The molecule has 3 rings (SSSR count). The first-order valence-corrected chi connectivity index (χ1v) is 11.8. The lowest BCUT2D eigenvalue weighted by atomic mass is 9.85. The summed E-state index contributed by atoms with van der Waals surface area (Å²) in [7, 11) is 0. The van der Waals surface area contributed by atoms with Crippen LogP contribution >= 0.6 is 11.8 Å². The van der Waals surface area contributed by atoms with Crippen LogP contribution in [0.4, 0.5) is 8.78 Å². The lowest BCUT2D eigenvalue weighted by Crippen LogP contribution is -2.43. The third-order valence-corrected chi connectivity index (χ3v) is 7.61. The lowest BCUT2D eigenvalue weighted by molar-refractivity contribution is 0.148. The number of benzene rings is 1. The molecule has 1 unspecified atom stereocenters. The summed E-state index contributed by atoms with van der Waals surface area (Å²) in [6.45, 7) is 13.0. The predicted octanol–water partition coefficient (Wildman–Crippen LogP) is 8.13. The summed E-state index contributed by atoms with van der Waals surface area (Å²) in [5, 5.41) is 7.48. The van der Waals surface area contributed by atoms with E-state index < -0.39 is 4.87 Å². The van der Waals surface area contributed by atoms with Crippen LogP contribution in [0.3, 0.4) is 0 Å². The van der Waals surface area contributed by atoms with Gasteiger partial charge >= 0.3 is 0 Å². The maximum absolute atomic E-state index is 14.8. The third-order valence-electron chi connectivity index (χ3n) is 6.07. The molecule has 0 saturated heterocycles. The van der Waals surface area contributed by atoms with Gasteiger partial charge in [-0.1, -0.05) is 69.8 Å². The Bertz CT molecular complexity index is 898. The van der Waals surface area contributed by atoms with E-state index in [1.165, 1.54) is 17.2 Å². The van der Waals surface area contributed by atoms with Gasteiger partial charge in [0.1, 0.15) is 21.6 Å². The Morgan fingerprint density at radius 2 is 1.90 bits per heavy atom. The summed E-state index contributed by atoms with van der Waals surface area (Å²) < 4.78 is 28.9. The average Bonchev–Trinajstić information content (AvgIpc) is 3.12. The van der Waals surface area contributed by atoms with Crippen molar-refractivity contribution >= 4 is 16.8 Å². The first-order valence-electron chi connectivity index (χ1n) is 11.0. The average molecular weight is 431 g/mol. The van der Waals surface area contributed by atoms with Gasteiger partial charge in [-0.15, -0.1) is 0 Å². The highest BCUT2D eigenvalue weighted by atomic mass is 32.2. The summed E-state index contributed by atoms with van der Waals surface area (Å²) in [5.41, 5.74) is 3.54. The molecule has 1 atom stereocenters. The molecule has 0 N–H and O–H groups in total. The predicted molar refractivity (Wildman–Crippen MR) is 124 cm³/mol. The molecule has 1 aliphatic carbocycles. The summed E-state index contributed by atoms with van der Waals surface area (Å²) in [4.78, 5) is -0.522. The zero-order valence-corrected chi connectivity index (χ0v) is 19.3. The van der Waals surface area contributed by atoms with Crippen molar-refractivity contribution in [2.45, 2.75) is 71.1 Å². The van der Waals surface area contributed by atoms with Gasteiger partial charge in [-0.2, -0.15) is 5.10 Å². The molecule has 0 fully saturated rings. The van der Waals surface area contributed by atoms with Crippen LogP contribution in [0.1, 0.15) is 70.4 Å². The molecular formula is C25H32F2N2S. The van der Waals surface area contributed by atoms with Crippen molar-refractivity contribution in [2.75, 3.05) is 0 Å². The van der Waals surface area contributed by atoms with E-state index in [0.29, 0.717) is 10.6 Å². The number of hydrogen-bond donors (Lipinski definition) is 0. The van der Waals surface area contributed by atoms with Crippen LogP contribution in [0.5, 0.6) is 0 Å². The summed E-state index contributed by atoms with van der Waals surface area (Å²) in [6, 6.07) is 8.34. The fourth-order valence-corrected chi connectivity index (χ4v) is 6.29. The van der Waals surface area contributed by atoms with Crippen LogP contribution in [-0.4, -0.2) is 10.1 Å². The molecule has 0 amide bonds. The van der Waals surface area contributed by atoms with Crippen molar-refractivity contribution in [3.63, 3.8) is 0 Å². The van der Waals surface area contributed by atoms with Gasteiger partial charge in [0.05, 0.1) is 0 Å².